The summed E-state index contributed by atoms with van der Waals surface area (Å²) in [7, 11) is 0. The standard InChI is InChI=1S/C11H16BrN3O/c1-2-15(6-8-4-3-5-8)10-9(12)11(16)14-7-13-10/h7-8H,2-6H2,1H3,(H,13,14,16). The van der Waals surface area contributed by atoms with Gasteiger partial charge in [0.2, 0.25) is 0 Å². The average molecular weight is 286 g/mol. The fourth-order valence-electron chi connectivity index (χ4n) is 1.95. The molecule has 0 radical (unpaired) electrons. The second-order valence-corrected chi connectivity index (χ2v) is 5.00. The van der Waals surface area contributed by atoms with Crippen LogP contribution in [0, 0.1) is 5.92 Å². The lowest BCUT2D eigenvalue weighted by Gasteiger charge is -2.32. The average Bonchev–Trinajstić information content (AvgIpc) is 2.22. The molecule has 0 amide bonds. The third-order valence-electron chi connectivity index (χ3n) is 3.16. The van der Waals surface area contributed by atoms with Crippen molar-refractivity contribution in [3.05, 3.63) is 21.2 Å². The van der Waals surface area contributed by atoms with E-state index in [9.17, 15) is 4.79 Å². The van der Waals surface area contributed by atoms with Crippen molar-refractivity contribution in [2.45, 2.75) is 26.2 Å². The number of aromatic nitrogens is 2. The highest BCUT2D eigenvalue weighted by molar-refractivity contribution is 9.10. The van der Waals surface area contributed by atoms with Crippen molar-refractivity contribution in [2.75, 3.05) is 18.0 Å². The molecule has 1 aromatic rings. The number of halogens is 1. The summed E-state index contributed by atoms with van der Waals surface area (Å²) in [5.74, 6) is 1.53. The van der Waals surface area contributed by atoms with Crippen LogP contribution in [0.1, 0.15) is 26.2 Å². The van der Waals surface area contributed by atoms with Crippen LogP contribution in [0.15, 0.2) is 15.6 Å². The van der Waals surface area contributed by atoms with Gasteiger partial charge >= 0.3 is 0 Å². The number of hydrogen-bond acceptors (Lipinski definition) is 3. The minimum Gasteiger partial charge on any atom is -0.355 e. The van der Waals surface area contributed by atoms with Gasteiger partial charge in [-0.2, -0.15) is 0 Å². The molecule has 0 saturated heterocycles. The molecule has 1 heterocycles. The fourth-order valence-corrected chi connectivity index (χ4v) is 2.41. The summed E-state index contributed by atoms with van der Waals surface area (Å²) in [4.78, 5) is 20.4. The maximum Gasteiger partial charge on any atom is 0.267 e. The lowest BCUT2D eigenvalue weighted by molar-refractivity contribution is 0.318. The number of rotatable bonds is 4. The fraction of sp³-hybridized carbons (Fsp3) is 0.636. The van der Waals surface area contributed by atoms with Crippen LogP contribution in [-0.4, -0.2) is 23.1 Å². The van der Waals surface area contributed by atoms with Crippen molar-refractivity contribution >= 4 is 21.7 Å². The second kappa shape index (κ2) is 4.99. The van der Waals surface area contributed by atoms with Gasteiger partial charge in [-0.25, -0.2) is 4.98 Å². The molecule has 0 atom stereocenters. The summed E-state index contributed by atoms with van der Waals surface area (Å²) in [5.41, 5.74) is -0.114. The largest absolute Gasteiger partial charge is 0.355 e. The first kappa shape index (κ1) is 11.6. The number of nitrogens with one attached hydrogen (secondary N) is 1. The van der Waals surface area contributed by atoms with E-state index in [2.05, 4.69) is 37.7 Å². The summed E-state index contributed by atoms with van der Waals surface area (Å²) in [6.07, 6.45) is 5.41. The molecule has 1 saturated carbocycles. The highest BCUT2D eigenvalue weighted by Gasteiger charge is 2.22. The van der Waals surface area contributed by atoms with Gasteiger partial charge in [0.15, 0.2) is 0 Å². The zero-order valence-corrected chi connectivity index (χ0v) is 11.0. The summed E-state index contributed by atoms with van der Waals surface area (Å²) in [6, 6.07) is 0. The lowest BCUT2D eigenvalue weighted by Crippen LogP contribution is -2.34. The van der Waals surface area contributed by atoms with E-state index in [4.69, 9.17) is 0 Å². The van der Waals surface area contributed by atoms with Gasteiger partial charge in [-0.3, -0.25) is 4.79 Å². The predicted octanol–water partition coefficient (Wildman–Crippen LogP) is 2.16. The monoisotopic (exact) mass is 285 g/mol. The molecule has 0 unspecified atom stereocenters. The van der Waals surface area contributed by atoms with Gasteiger partial charge in [0.1, 0.15) is 10.3 Å². The van der Waals surface area contributed by atoms with Crippen LogP contribution in [0.5, 0.6) is 0 Å². The predicted molar refractivity (Wildman–Crippen MR) is 67.8 cm³/mol. The molecule has 1 aromatic heterocycles. The van der Waals surface area contributed by atoms with E-state index in [0.717, 1.165) is 24.8 Å². The lowest BCUT2D eigenvalue weighted by atomic mass is 9.85. The number of H-pyrrole nitrogens is 1. The molecule has 1 aliphatic carbocycles. The van der Waals surface area contributed by atoms with E-state index < -0.39 is 0 Å². The van der Waals surface area contributed by atoms with Crippen LogP contribution in [0.4, 0.5) is 5.82 Å². The zero-order valence-electron chi connectivity index (χ0n) is 9.37. The van der Waals surface area contributed by atoms with Crippen molar-refractivity contribution in [2.24, 2.45) is 5.92 Å². The normalized spacial score (nSPS) is 15.9. The van der Waals surface area contributed by atoms with Gasteiger partial charge in [0, 0.05) is 13.1 Å². The highest BCUT2D eigenvalue weighted by Crippen LogP contribution is 2.29. The highest BCUT2D eigenvalue weighted by atomic mass is 79.9. The van der Waals surface area contributed by atoms with Crippen LogP contribution in [0.25, 0.3) is 0 Å². The maximum atomic E-state index is 11.5. The van der Waals surface area contributed by atoms with E-state index in [1.807, 2.05) is 0 Å². The Bertz CT molecular complexity index is 414. The van der Waals surface area contributed by atoms with Crippen LogP contribution in [0.2, 0.25) is 0 Å². The topological polar surface area (TPSA) is 49.0 Å². The van der Waals surface area contributed by atoms with E-state index in [1.54, 1.807) is 0 Å². The molecule has 1 fully saturated rings. The molecule has 0 aliphatic heterocycles. The van der Waals surface area contributed by atoms with Crippen molar-refractivity contribution in [1.82, 2.24) is 9.97 Å². The molecular formula is C11H16BrN3O. The molecule has 88 valence electrons. The van der Waals surface area contributed by atoms with Gasteiger partial charge in [0.05, 0.1) is 6.33 Å². The SMILES string of the molecule is CCN(CC1CCC1)c1nc[nH]c(=O)c1Br. The molecule has 1 aliphatic rings. The Morgan fingerprint density at radius 1 is 1.62 bits per heavy atom. The molecule has 16 heavy (non-hydrogen) atoms. The number of nitrogens with zero attached hydrogens (tertiary/aromatic N) is 2. The van der Waals surface area contributed by atoms with Gasteiger partial charge in [0.25, 0.3) is 5.56 Å². The molecule has 2 rings (SSSR count). The Hall–Kier alpha value is -0.840. The quantitative estimate of drug-likeness (QED) is 0.922. The van der Waals surface area contributed by atoms with E-state index >= 15 is 0 Å². The van der Waals surface area contributed by atoms with Gasteiger partial charge in [-0.05, 0) is 41.6 Å². The number of aromatic amines is 1. The van der Waals surface area contributed by atoms with Crippen LogP contribution < -0.4 is 10.5 Å². The Morgan fingerprint density at radius 3 is 2.94 bits per heavy atom. The maximum absolute atomic E-state index is 11.5. The van der Waals surface area contributed by atoms with Crippen LogP contribution >= 0.6 is 15.9 Å². The Morgan fingerprint density at radius 2 is 2.38 bits per heavy atom. The smallest absolute Gasteiger partial charge is 0.267 e. The van der Waals surface area contributed by atoms with Gasteiger partial charge in [-0.15, -0.1) is 0 Å². The minimum absolute atomic E-state index is 0.114. The van der Waals surface area contributed by atoms with Crippen LogP contribution in [-0.2, 0) is 0 Å². The summed E-state index contributed by atoms with van der Waals surface area (Å²) in [6.45, 7) is 3.98. The third kappa shape index (κ3) is 2.29. The number of anilines is 1. The van der Waals surface area contributed by atoms with Crippen LogP contribution in [0.3, 0.4) is 0 Å². The summed E-state index contributed by atoms with van der Waals surface area (Å²) in [5, 5.41) is 0. The van der Waals surface area contributed by atoms with E-state index in [-0.39, 0.29) is 5.56 Å². The molecule has 0 spiro atoms. The van der Waals surface area contributed by atoms with E-state index in [0.29, 0.717) is 4.47 Å². The Kier molecular flexibility index (Phi) is 3.63. The summed E-state index contributed by atoms with van der Waals surface area (Å²) >= 11 is 3.30. The molecular weight excluding hydrogens is 270 g/mol. The number of hydrogen-bond donors (Lipinski definition) is 1. The third-order valence-corrected chi connectivity index (χ3v) is 3.88. The molecule has 1 N–H and O–H groups in total. The first-order valence-electron chi connectivity index (χ1n) is 5.70. The van der Waals surface area contributed by atoms with Crippen molar-refractivity contribution in [3.8, 4) is 0 Å². The molecule has 5 heteroatoms. The van der Waals surface area contributed by atoms with Gasteiger partial charge < -0.3 is 9.88 Å². The van der Waals surface area contributed by atoms with Gasteiger partial charge in [-0.1, -0.05) is 6.42 Å². The zero-order chi connectivity index (χ0) is 11.5. The first-order chi connectivity index (χ1) is 7.72. The molecule has 4 nitrogen and oxygen atoms in total. The van der Waals surface area contributed by atoms with Crippen molar-refractivity contribution in [3.63, 3.8) is 0 Å². The molecule has 0 bridgehead atoms. The Balaban J connectivity index is 2.18. The van der Waals surface area contributed by atoms with Crippen molar-refractivity contribution in [1.29, 1.82) is 0 Å². The van der Waals surface area contributed by atoms with E-state index in [1.165, 1.54) is 25.6 Å². The minimum atomic E-state index is -0.114. The summed E-state index contributed by atoms with van der Waals surface area (Å²) < 4.78 is 0.538. The first-order valence-corrected chi connectivity index (χ1v) is 6.49. The van der Waals surface area contributed by atoms with Crippen molar-refractivity contribution < 1.29 is 0 Å². The second-order valence-electron chi connectivity index (χ2n) is 4.20. The Labute approximate surface area is 103 Å². The molecule has 0 aromatic carbocycles.